The molecule has 3 heteroatoms. The molecule has 0 unspecified atom stereocenters. The van der Waals surface area contributed by atoms with Gasteiger partial charge >= 0.3 is 0 Å². The van der Waals surface area contributed by atoms with E-state index in [9.17, 15) is 0 Å². The van der Waals surface area contributed by atoms with E-state index >= 15 is 0 Å². The molecule has 0 amide bonds. The van der Waals surface area contributed by atoms with Gasteiger partial charge in [-0.1, -0.05) is 0 Å². The second kappa shape index (κ2) is 2.92. The monoisotopic (exact) mass is 160 g/mol. The van der Waals surface area contributed by atoms with Gasteiger partial charge in [-0.3, -0.25) is 4.98 Å². The van der Waals surface area contributed by atoms with Crippen LogP contribution in [-0.2, 0) is 17.8 Å². The van der Waals surface area contributed by atoms with Gasteiger partial charge in [-0.2, -0.15) is 5.26 Å². The molecule has 0 aromatic carbocycles. The van der Waals surface area contributed by atoms with Crippen molar-refractivity contribution in [2.75, 3.05) is 6.61 Å². The van der Waals surface area contributed by atoms with E-state index in [0.717, 1.165) is 24.2 Å². The lowest BCUT2D eigenvalue weighted by atomic mass is 10.0. The summed E-state index contributed by atoms with van der Waals surface area (Å²) in [5, 5.41) is 8.75. The molecule has 1 aromatic rings. The number of hydrogen-bond acceptors (Lipinski definition) is 3. The number of pyridine rings is 1. The van der Waals surface area contributed by atoms with Crippen molar-refractivity contribution in [2.45, 2.75) is 13.0 Å². The SMILES string of the molecule is N#Cc1cncc2c1COCC2. The quantitative estimate of drug-likeness (QED) is 0.569. The summed E-state index contributed by atoms with van der Waals surface area (Å²) < 4.78 is 5.26. The van der Waals surface area contributed by atoms with E-state index < -0.39 is 0 Å². The summed E-state index contributed by atoms with van der Waals surface area (Å²) in [6, 6.07) is 2.11. The Balaban J connectivity index is 2.53. The second-order valence-electron chi connectivity index (χ2n) is 2.74. The maximum Gasteiger partial charge on any atom is 0.101 e. The molecule has 3 nitrogen and oxygen atoms in total. The topological polar surface area (TPSA) is 45.9 Å². The highest BCUT2D eigenvalue weighted by molar-refractivity contribution is 5.40. The first-order valence-electron chi connectivity index (χ1n) is 3.85. The van der Waals surface area contributed by atoms with Crippen molar-refractivity contribution in [1.82, 2.24) is 4.98 Å². The van der Waals surface area contributed by atoms with Crippen molar-refractivity contribution in [3.63, 3.8) is 0 Å². The van der Waals surface area contributed by atoms with E-state index in [1.165, 1.54) is 0 Å². The third-order valence-corrected chi connectivity index (χ3v) is 2.03. The molecule has 0 radical (unpaired) electrons. The Labute approximate surface area is 70.6 Å². The first kappa shape index (κ1) is 7.26. The highest BCUT2D eigenvalue weighted by Crippen LogP contribution is 2.18. The summed E-state index contributed by atoms with van der Waals surface area (Å²) in [6.45, 7) is 1.30. The van der Waals surface area contributed by atoms with Gasteiger partial charge in [-0.15, -0.1) is 0 Å². The van der Waals surface area contributed by atoms with Crippen molar-refractivity contribution in [3.8, 4) is 6.07 Å². The van der Waals surface area contributed by atoms with Gasteiger partial charge in [0, 0.05) is 18.0 Å². The van der Waals surface area contributed by atoms with E-state index in [-0.39, 0.29) is 0 Å². The molecule has 0 fully saturated rings. The maximum atomic E-state index is 8.75. The molecule has 0 bridgehead atoms. The highest BCUT2D eigenvalue weighted by atomic mass is 16.5. The van der Waals surface area contributed by atoms with Crippen LogP contribution in [0.5, 0.6) is 0 Å². The van der Waals surface area contributed by atoms with Crippen molar-refractivity contribution in [2.24, 2.45) is 0 Å². The van der Waals surface area contributed by atoms with Gasteiger partial charge in [0.1, 0.15) is 6.07 Å². The smallest absolute Gasteiger partial charge is 0.101 e. The average molecular weight is 160 g/mol. The van der Waals surface area contributed by atoms with Gasteiger partial charge in [0.25, 0.3) is 0 Å². The standard InChI is InChI=1S/C9H8N2O/c10-3-8-5-11-4-7-1-2-12-6-9(7)8/h4-5H,1-2,6H2. The number of hydrogen-bond donors (Lipinski definition) is 0. The number of nitrogens with zero attached hydrogens (tertiary/aromatic N) is 2. The molecular weight excluding hydrogens is 152 g/mol. The van der Waals surface area contributed by atoms with E-state index in [1.54, 1.807) is 6.20 Å². The molecule has 0 aliphatic carbocycles. The fraction of sp³-hybridized carbons (Fsp3) is 0.333. The number of ether oxygens (including phenoxy) is 1. The number of fused-ring (bicyclic) bond motifs is 1. The Morgan fingerprint density at radius 1 is 1.50 bits per heavy atom. The van der Waals surface area contributed by atoms with Gasteiger partial charge < -0.3 is 4.74 Å². The highest BCUT2D eigenvalue weighted by Gasteiger charge is 2.12. The molecule has 0 N–H and O–H groups in total. The summed E-state index contributed by atoms with van der Waals surface area (Å²) in [7, 11) is 0. The van der Waals surface area contributed by atoms with Crippen molar-refractivity contribution >= 4 is 0 Å². The Hall–Kier alpha value is -1.40. The maximum absolute atomic E-state index is 8.75. The molecule has 0 saturated heterocycles. The summed E-state index contributed by atoms with van der Waals surface area (Å²) in [4.78, 5) is 3.99. The predicted molar refractivity (Wildman–Crippen MR) is 42.3 cm³/mol. The Morgan fingerprint density at radius 3 is 3.25 bits per heavy atom. The van der Waals surface area contributed by atoms with Crippen LogP contribution in [0.1, 0.15) is 16.7 Å². The van der Waals surface area contributed by atoms with Crippen LogP contribution in [0, 0.1) is 11.3 Å². The molecule has 0 saturated carbocycles. The molecule has 2 heterocycles. The molecule has 1 aliphatic heterocycles. The van der Waals surface area contributed by atoms with E-state index in [1.807, 2.05) is 6.20 Å². The Bertz CT molecular complexity index is 341. The largest absolute Gasteiger partial charge is 0.376 e. The summed E-state index contributed by atoms with van der Waals surface area (Å²) in [6.07, 6.45) is 4.28. The molecule has 1 aliphatic rings. The van der Waals surface area contributed by atoms with Crippen LogP contribution in [0.4, 0.5) is 0 Å². The minimum Gasteiger partial charge on any atom is -0.376 e. The lowest BCUT2D eigenvalue weighted by Crippen LogP contribution is -2.11. The van der Waals surface area contributed by atoms with Gasteiger partial charge in [0.2, 0.25) is 0 Å². The summed E-state index contributed by atoms with van der Waals surface area (Å²) in [5.74, 6) is 0. The Morgan fingerprint density at radius 2 is 2.42 bits per heavy atom. The summed E-state index contributed by atoms with van der Waals surface area (Å²) >= 11 is 0. The fourth-order valence-corrected chi connectivity index (χ4v) is 1.37. The second-order valence-corrected chi connectivity index (χ2v) is 2.74. The van der Waals surface area contributed by atoms with E-state index in [4.69, 9.17) is 10.00 Å². The van der Waals surface area contributed by atoms with E-state index in [2.05, 4.69) is 11.1 Å². The van der Waals surface area contributed by atoms with Crippen molar-refractivity contribution in [1.29, 1.82) is 5.26 Å². The first-order chi connectivity index (χ1) is 5.92. The third kappa shape index (κ3) is 1.06. The van der Waals surface area contributed by atoms with Crippen molar-refractivity contribution in [3.05, 3.63) is 29.1 Å². The van der Waals surface area contributed by atoms with Gasteiger partial charge in [-0.25, -0.2) is 0 Å². The molecule has 60 valence electrons. The van der Waals surface area contributed by atoms with Crippen LogP contribution in [0.3, 0.4) is 0 Å². The molecule has 0 atom stereocenters. The average Bonchev–Trinajstić information content (AvgIpc) is 2.17. The number of nitriles is 1. The zero-order valence-corrected chi connectivity index (χ0v) is 6.58. The fourth-order valence-electron chi connectivity index (χ4n) is 1.37. The van der Waals surface area contributed by atoms with Gasteiger partial charge in [0.15, 0.2) is 0 Å². The number of rotatable bonds is 0. The van der Waals surface area contributed by atoms with Crippen LogP contribution in [0.15, 0.2) is 12.4 Å². The van der Waals surface area contributed by atoms with Crippen molar-refractivity contribution < 1.29 is 4.74 Å². The zero-order valence-electron chi connectivity index (χ0n) is 6.58. The van der Waals surface area contributed by atoms with Crippen LogP contribution < -0.4 is 0 Å². The lowest BCUT2D eigenvalue weighted by molar-refractivity contribution is 0.110. The normalized spacial score (nSPS) is 14.9. The third-order valence-electron chi connectivity index (χ3n) is 2.03. The lowest BCUT2D eigenvalue weighted by Gasteiger charge is -2.16. The van der Waals surface area contributed by atoms with Crippen LogP contribution in [0.2, 0.25) is 0 Å². The van der Waals surface area contributed by atoms with E-state index in [0.29, 0.717) is 12.2 Å². The molecule has 1 aromatic heterocycles. The van der Waals surface area contributed by atoms with Gasteiger partial charge in [-0.05, 0) is 12.0 Å². The predicted octanol–water partition coefficient (Wildman–Crippen LogP) is 1.03. The van der Waals surface area contributed by atoms with Crippen LogP contribution >= 0.6 is 0 Å². The molecule has 0 spiro atoms. The molecule has 12 heavy (non-hydrogen) atoms. The minimum absolute atomic E-state index is 0.556. The minimum atomic E-state index is 0.556. The Kier molecular flexibility index (Phi) is 1.77. The molecule has 2 rings (SSSR count). The summed E-state index contributed by atoms with van der Waals surface area (Å²) in [5.41, 5.74) is 2.81. The number of aromatic nitrogens is 1. The van der Waals surface area contributed by atoms with Crippen LogP contribution in [-0.4, -0.2) is 11.6 Å². The van der Waals surface area contributed by atoms with Gasteiger partial charge in [0.05, 0.1) is 18.8 Å². The zero-order chi connectivity index (χ0) is 8.39. The first-order valence-corrected chi connectivity index (χ1v) is 3.85. The van der Waals surface area contributed by atoms with Crippen LogP contribution in [0.25, 0.3) is 0 Å². The molecular formula is C9H8N2O.